The van der Waals surface area contributed by atoms with Crippen molar-refractivity contribution in [3.8, 4) is 0 Å². The van der Waals surface area contributed by atoms with Crippen LogP contribution >= 0.6 is 0 Å². The summed E-state index contributed by atoms with van der Waals surface area (Å²) in [5.41, 5.74) is 2.31. The van der Waals surface area contributed by atoms with Crippen molar-refractivity contribution in [1.29, 1.82) is 0 Å². The number of nitrogens with zero attached hydrogens (tertiary/aromatic N) is 4. The molecule has 0 atom stereocenters. The van der Waals surface area contributed by atoms with Gasteiger partial charge in [0.1, 0.15) is 11.1 Å². The average Bonchev–Trinajstić information content (AvgIpc) is 3.36. The van der Waals surface area contributed by atoms with Crippen molar-refractivity contribution in [2.75, 3.05) is 0 Å². The molecule has 1 aliphatic carbocycles. The Morgan fingerprint density at radius 2 is 2.00 bits per heavy atom. The zero-order chi connectivity index (χ0) is 16.8. The van der Waals surface area contributed by atoms with Crippen LogP contribution in [-0.4, -0.2) is 19.3 Å². The topological polar surface area (TPSA) is 65.8 Å². The van der Waals surface area contributed by atoms with E-state index in [1.165, 1.54) is 25.7 Å². The fraction of sp³-hybridized carbons (Fsp3) is 0.316. The van der Waals surface area contributed by atoms with Crippen LogP contribution in [0.15, 0.2) is 52.1 Å². The highest BCUT2D eigenvalue weighted by Crippen LogP contribution is 2.28. The van der Waals surface area contributed by atoms with Gasteiger partial charge in [0.25, 0.3) is 5.56 Å². The van der Waals surface area contributed by atoms with E-state index in [-0.39, 0.29) is 5.56 Å². The number of para-hydroxylation sites is 1. The molecule has 0 aliphatic heterocycles. The van der Waals surface area contributed by atoms with E-state index in [4.69, 9.17) is 4.42 Å². The van der Waals surface area contributed by atoms with Crippen molar-refractivity contribution < 1.29 is 4.42 Å². The highest BCUT2D eigenvalue weighted by atomic mass is 16.3. The lowest BCUT2D eigenvalue weighted by Crippen LogP contribution is -2.21. The van der Waals surface area contributed by atoms with Gasteiger partial charge in [-0.2, -0.15) is 5.10 Å². The number of rotatable bonds is 3. The Kier molecular flexibility index (Phi) is 3.23. The molecule has 0 N–H and O–H groups in total. The number of hydrogen-bond acceptors (Lipinski definition) is 4. The summed E-state index contributed by atoms with van der Waals surface area (Å²) in [6.45, 7) is 0.401. The maximum Gasteiger partial charge on any atom is 0.297 e. The van der Waals surface area contributed by atoms with Crippen LogP contribution in [0.2, 0.25) is 0 Å². The molecule has 0 unspecified atom stereocenters. The van der Waals surface area contributed by atoms with Gasteiger partial charge in [-0.15, -0.1) is 0 Å². The summed E-state index contributed by atoms with van der Waals surface area (Å²) in [7, 11) is 0. The van der Waals surface area contributed by atoms with Gasteiger partial charge in [-0.3, -0.25) is 14.0 Å². The molecule has 126 valence electrons. The molecule has 0 spiro atoms. The van der Waals surface area contributed by atoms with E-state index in [2.05, 4.69) is 10.1 Å². The Bertz CT molecular complexity index is 1120. The molecule has 3 heterocycles. The quantitative estimate of drug-likeness (QED) is 0.575. The van der Waals surface area contributed by atoms with Gasteiger partial charge >= 0.3 is 0 Å². The molecule has 6 nitrogen and oxygen atoms in total. The van der Waals surface area contributed by atoms with Crippen LogP contribution in [0.1, 0.15) is 37.4 Å². The molecule has 5 rings (SSSR count). The summed E-state index contributed by atoms with van der Waals surface area (Å²) in [4.78, 5) is 17.2. The summed E-state index contributed by atoms with van der Waals surface area (Å²) in [6, 6.07) is 10.1. The van der Waals surface area contributed by atoms with Gasteiger partial charge in [0.05, 0.1) is 24.6 Å². The molecule has 0 bridgehead atoms. The average molecular weight is 334 g/mol. The predicted octanol–water partition coefficient (Wildman–Crippen LogP) is 3.50. The van der Waals surface area contributed by atoms with Crippen LogP contribution in [0.5, 0.6) is 0 Å². The summed E-state index contributed by atoms with van der Waals surface area (Å²) < 4.78 is 9.33. The molecular formula is C19H18N4O2. The molecule has 1 aromatic carbocycles. The van der Waals surface area contributed by atoms with Gasteiger partial charge in [-0.1, -0.05) is 25.0 Å². The number of benzene rings is 1. The Hall–Kier alpha value is -2.89. The SMILES string of the molecule is O=c1c2oc3ccccc3c2ncn1Cc1ccn(C2CCCC2)n1. The number of fused-ring (bicyclic) bond motifs is 3. The minimum absolute atomic E-state index is 0.170. The minimum atomic E-state index is -0.170. The molecule has 4 aromatic rings. The van der Waals surface area contributed by atoms with Crippen molar-refractivity contribution in [3.63, 3.8) is 0 Å². The number of hydrogen-bond donors (Lipinski definition) is 0. The standard InChI is InChI=1S/C19H18N4O2/c24-19-18-17(15-7-3-4-8-16(15)25-18)20-12-22(19)11-13-9-10-23(21-13)14-5-1-2-6-14/h3-4,7-10,12,14H,1-2,5-6,11H2. The maximum atomic E-state index is 12.8. The summed E-state index contributed by atoms with van der Waals surface area (Å²) in [5, 5.41) is 5.52. The Morgan fingerprint density at radius 3 is 2.88 bits per heavy atom. The lowest BCUT2D eigenvalue weighted by molar-refractivity contribution is 0.461. The van der Waals surface area contributed by atoms with E-state index < -0.39 is 0 Å². The monoisotopic (exact) mass is 334 g/mol. The molecule has 1 aliphatic rings. The lowest BCUT2D eigenvalue weighted by atomic mass is 10.2. The molecule has 0 saturated heterocycles. The van der Waals surface area contributed by atoms with Crippen LogP contribution in [0.4, 0.5) is 0 Å². The Labute approximate surface area is 143 Å². The van der Waals surface area contributed by atoms with Crippen LogP contribution < -0.4 is 5.56 Å². The van der Waals surface area contributed by atoms with E-state index in [0.717, 1.165) is 11.1 Å². The first-order chi connectivity index (χ1) is 12.3. The Balaban J connectivity index is 1.51. The first kappa shape index (κ1) is 14.5. The van der Waals surface area contributed by atoms with E-state index in [1.54, 1.807) is 10.9 Å². The van der Waals surface area contributed by atoms with Gasteiger partial charge in [-0.25, -0.2) is 4.98 Å². The normalized spacial score (nSPS) is 15.5. The summed E-state index contributed by atoms with van der Waals surface area (Å²) >= 11 is 0. The molecule has 1 saturated carbocycles. The second kappa shape index (κ2) is 5.58. The summed E-state index contributed by atoms with van der Waals surface area (Å²) in [5.74, 6) is 0. The predicted molar refractivity (Wildman–Crippen MR) is 94.6 cm³/mol. The van der Waals surface area contributed by atoms with Gasteiger partial charge < -0.3 is 4.42 Å². The van der Waals surface area contributed by atoms with Crippen molar-refractivity contribution in [2.24, 2.45) is 0 Å². The van der Waals surface area contributed by atoms with Crippen LogP contribution in [0.25, 0.3) is 22.1 Å². The lowest BCUT2D eigenvalue weighted by Gasteiger charge is -2.09. The molecular weight excluding hydrogens is 316 g/mol. The van der Waals surface area contributed by atoms with Crippen LogP contribution in [-0.2, 0) is 6.54 Å². The molecule has 6 heteroatoms. The fourth-order valence-corrected chi connectivity index (χ4v) is 3.74. The van der Waals surface area contributed by atoms with Crippen LogP contribution in [0, 0.1) is 0 Å². The minimum Gasteiger partial charge on any atom is -0.448 e. The van der Waals surface area contributed by atoms with Crippen LogP contribution in [0.3, 0.4) is 0 Å². The second-order valence-electron chi connectivity index (χ2n) is 6.68. The van der Waals surface area contributed by atoms with E-state index in [0.29, 0.717) is 29.3 Å². The van der Waals surface area contributed by atoms with E-state index in [1.807, 2.05) is 41.2 Å². The van der Waals surface area contributed by atoms with E-state index >= 15 is 0 Å². The molecule has 0 amide bonds. The highest BCUT2D eigenvalue weighted by molar-refractivity contribution is 6.01. The highest BCUT2D eigenvalue weighted by Gasteiger charge is 2.18. The largest absolute Gasteiger partial charge is 0.448 e. The van der Waals surface area contributed by atoms with Gasteiger partial charge in [0.2, 0.25) is 5.58 Å². The van der Waals surface area contributed by atoms with Crippen molar-refractivity contribution in [2.45, 2.75) is 38.3 Å². The number of furan rings is 1. The van der Waals surface area contributed by atoms with Crippen molar-refractivity contribution in [1.82, 2.24) is 19.3 Å². The molecule has 0 radical (unpaired) electrons. The smallest absolute Gasteiger partial charge is 0.297 e. The third-order valence-corrected chi connectivity index (χ3v) is 5.05. The summed E-state index contributed by atoms with van der Waals surface area (Å²) in [6.07, 6.45) is 8.52. The van der Waals surface area contributed by atoms with E-state index in [9.17, 15) is 4.79 Å². The third kappa shape index (κ3) is 2.36. The van der Waals surface area contributed by atoms with Gasteiger partial charge in [-0.05, 0) is 31.0 Å². The molecule has 1 fully saturated rings. The second-order valence-corrected chi connectivity index (χ2v) is 6.68. The number of aromatic nitrogens is 4. The maximum absolute atomic E-state index is 12.8. The van der Waals surface area contributed by atoms with Crippen molar-refractivity contribution in [3.05, 3.63) is 58.9 Å². The van der Waals surface area contributed by atoms with Gasteiger partial charge in [0, 0.05) is 11.6 Å². The fourth-order valence-electron chi connectivity index (χ4n) is 3.74. The molecule has 25 heavy (non-hydrogen) atoms. The third-order valence-electron chi connectivity index (χ3n) is 5.05. The first-order valence-corrected chi connectivity index (χ1v) is 8.70. The first-order valence-electron chi connectivity index (χ1n) is 8.70. The zero-order valence-corrected chi connectivity index (χ0v) is 13.8. The Morgan fingerprint density at radius 1 is 1.16 bits per heavy atom. The van der Waals surface area contributed by atoms with Gasteiger partial charge in [0.15, 0.2) is 0 Å². The zero-order valence-electron chi connectivity index (χ0n) is 13.8. The van der Waals surface area contributed by atoms with Crippen molar-refractivity contribution >= 4 is 22.1 Å². The molecule has 3 aromatic heterocycles.